The number of hydrogen-bond acceptors (Lipinski definition) is 4. The first kappa shape index (κ1) is 19.8. The molecule has 1 saturated heterocycles. The van der Waals surface area contributed by atoms with Crippen LogP contribution in [0.15, 0.2) is 48.7 Å². The Hall–Kier alpha value is -2.50. The van der Waals surface area contributed by atoms with Gasteiger partial charge in [0.15, 0.2) is 0 Å². The zero-order chi connectivity index (χ0) is 20.4. The van der Waals surface area contributed by atoms with E-state index in [2.05, 4.69) is 79.2 Å². The fourth-order valence-corrected chi connectivity index (χ4v) is 4.00. The average Bonchev–Trinajstić information content (AvgIpc) is 3.17. The monoisotopic (exact) mass is 390 g/mol. The van der Waals surface area contributed by atoms with Gasteiger partial charge in [0.05, 0.1) is 18.5 Å². The van der Waals surface area contributed by atoms with Crippen LogP contribution in [0.1, 0.15) is 49.5 Å². The van der Waals surface area contributed by atoms with Crippen molar-refractivity contribution in [1.29, 1.82) is 0 Å². The fraction of sp³-hybridized carbons (Fsp3) is 0.417. The topological polar surface area (TPSA) is 54.0 Å². The third-order valence-corrected chi connectivity index (χ3v) is 5.42. The minimum Gasteiger partial charge on any atom is -0.369 e. The molecule has 0 aliphatic carbocycles. The minimum absolute atomic E-state index is 0.0175. The number of rotatable bonds is 4. The van der Waals surface area contributed by atoms with Crippen molar-refractivity contribution in [1.82, 2.24) is 20.1 Å². The van der Waals surface area contributed by atoms with Crippen LogP contribution in [-0.4, -0.2) is 39.8 Å². The summed E-state index contributed by atoms with van der Waals surface area (Å²) in [4.78, 5) is 7.25. The highest BCUT2D eigenvalue weighted by Crippen LogP contribution is 2.29. The summed E-state index contributed by atoms with van der Waals surface area (Å²) in [5, 5.41) is 7.48. The summed E-state index contributed by atoms with van der Waals surface area (Å²) in [5.41, 5.74) is 6.96. The Balaban J connectivity index is 1.53. The molecule has 5 nitrogen and oxygen atoms in total. The Morgan fingerprint density at radius 2 is 1.93 bits per heavy atom. The largest absolute Gasteiger partial charge is 0.369 e. The van der Waals surface area contributed by atoms with Crippen LogP contribution in [0.2, 0.25) is 0 Å². The Morgan fingerprint density at radius 1 is 1.14 bits per heavy atom. The van der Waals surface area contributed by atoms with E-state index in [9.17, 15) is 0 Å². The summed E-state index contributed by atoms with van der Waals surface area (Å²) in [5.74, 6) is 0. The smallest absolute Gasteiger partial charge is 0.112 e. The van der Waals surface area contributed by atoms with Crippen molar-refractivity contribution in [2.24, 2.45) is 0 Å². The third-order valence-electron chi connectivity index (χ3n) is 5.42. The van der Waals surface area contributed by atoms with Crippen molar-refractivity contribution in [2.45, 2.75) is 45.8 Å². The SMILES string of the molecule is Cc1cc(-c2ccccc2)cc(C2CN(Cc3cn[nH]c3C(C)(C)C)CCO2)n1. The van der Waals surface area contributed by atoms with Crippen LogP contribution in [0.5, 0.6) is 0 Å². The molecule has 1 aromatic carbocycles. The molecule has 1 aliphatic heterocycles. The van der Waals surface area contributed by atoms with E-state index in [0.29, 0.717) is 6.61 Å². The van der Waals surface area contributed by atoms with Crippen LogP contribution in [0, 0.1) is 6.92 Å². The number of aromatic nitrogens is 3. The van der Waals surface area contributed by atoms with Crippen LogP contribution in [0.4, 0.5) is 0 Å². The highest BCUT2D eigenvalue weighted by molar-refractivity contribution is 5.64. The Kier molecular flexibility index (Phi) is 5.52. The molecule has 0 saturated carbocycles. The quantitative estimate of drug-likeness (QED) is 0.704. The molecule has 0 amide bonds. The maximum absolute atomic E-state index is 6.13. The average molecular weight is 391 g/mol. The normalized spacial score (nSPS) is 18.1. The van der Waals surface area contributed by atoms with Gasteiger partial charge in [0, 0.05) is 42.0 Å². The second-order valence-corrected chi connectivity index (χ2v) is 8.90. The highest BCUT2D eigenvalue weighted by Gasteiger charge is 2.26. The molecule has 1 atom stereocenters. The van der Waals surface area contributed by atoms with Crippen LogP contribution >= 0.6 is 0 Å². The lowest BCUT2D eigenvalue weighted by Crippen LogP contribution is -2.38. The maximum Gasteiger partial charge on any atom is 0.112 e. The molecule has 0 radical (unpaired) electrons. The number of hydrogen-bond donors (Lipinski definition) is 1. The summed E-state index contributed by atoms with van der Waals surface area (Å²) >= 11 is 0. The lowest BCUT2D eigenvalue weighted by molar-refractivity contribution is -0.0351. The van der Waals surface area contributed by atoms with Crippen LogP contribution in [0.3, 0.4) is 0 Å². The van der Waals surface area contributed by atoms with E-state index in [4.69, 9.17) is 9.72 Å². The molecule has 0 bridgehead atoms. The highest BCUT2D eigenvalue weighted by atomic mass is 16.5. The predicted molar refractivity (Wildman–Crippen MR) is 116 cm³/mol. The molecule has 3 aromatic rings. The molecule has 1 unspecified atom stereocenters. The molecular weight excluding hydrogens is 360 g/mol. The molecule has 4 rings (SSSR count). The van der Waals surface area contributed by atoms with E-state index in [0.717, 1.165) is 31.0 Å². The molecule has 152 valence electrons. The lowest BCUT2D eigenvalue weighted by atomic mass is 9.89. The van der Waals surface area contributed by atoms with Crippen molar-refractivity contribution in [3.05, 3.63) is 71.3 Å². The number of ether oxygens (including phenoxy) is 1. The molecule has 1 N–H and O–H groups in total. The maximum atomic E-state index is 6.13. The van der Waals surface area contributed by atoms with Crippen molar-refractivity contribution in [3.8, 4) is 11.1 Å². The van der Waals surface area contributed by atoms with Crippen molar-refractivity contribution < 1.29 is 4.74 Å². The van der Waals surface area contributed by atoms with Gasteiger partial charge < -0.3 is 4.74 Å². The molecule has 29 heavy (non-hydrogen) atoms. The Morgan fingerprint density at radius 3 is 2.69 bits per heavy atom. The molecular formula is C24H30N4O. The van der Waals surface area contributed by atoms with E-state index < -0.39 is 0 Å². The van der Waals surface area contributed by atoms with E-state index in [1.165, 1.54) is 22.4 Å². The van der Waals surface area contributed by atoms with Crippen molar-refractivity contribution in [2.75, 3.05) is 19.7 Å². The van der Waals surface area contributed by atoms with Crippen molar-refractivity contribution in [3.63, 3.8) is 0 Å². The minimum atomic E-state index is -0.0175. The molecule has 2 aromatic heterocycles. The van der Waals surface area contributed by atoms with E-state index >= 15 is 0 Å². The van der Waals surface area contributed by atoms with Gasteiger partial charge in [-0.2, -0.15) is 5.10 Å². The third kappa shape index (κ3) is 4.57. The number of aryl methyl sites for hydroxylation is 1. The molecule has 1 aliphatic rings. The number of H-pyrrole nitrogens is 1. The first-order chi connectivity index (χ1) is 13.9. The van der Waals surface area contributed by atoms with Crippen molar-refractivity contribution >= 4 is 0 Å². The van der Waals surface area contributed by atoms with Crippen LogP contribution < -0.4 is 0 Å². The number of pyridine rings is 1. The van der Waals surface area contributed by atoms with Gasteiger partial charge in [-0.15, -0.1) is 0 Å². The van der Waals surface area contributed by atoms with Crippen LogP contribution in [-0.2, 0) is 16.7 Å². The van der Waals surface area contributed by atoms with Gasteiger partial charge in [-0.05, 0) is 30.2 Å². The standard InChI is InChI=1S/C24H30N4O/c1-17-12-19(18-8-6-5-7-9-18)13-21(26-17)22-16-28(10-11-29-22)15-20-14-25-27-23(20)24(2,3)4/h5-9,12-14,22H,10-11,15-16H2,1-4H3,(H,25,27). The zero-order valence-corrected chi connectivity index (χ0v) is 17.8. The fourth-order valence-electron chi connectivity index (χ4n) is 4.00. The van der Waals surface area contributed by atoms with Gasteiger partial charge >= 0.3 is 0 Å². The Labute approximate surface area is 173 Å². The van der Waals surface area contributed by atoms with E-state index in [1.54, 1.807) is 0 Å². The second kappa shape index (κ2) is 8.09. The molecule has 0 spiro atoms. The number of aromatic amines is 1. The second-order valence-electron chi connectivity index (χ2n) is 8.90. The zero-order valence-electron chi connectivity index (χ0n) is 17.8. The number of benzene rings is 1. The molecule has 1 fully saturated rings. The summed E-state index contributed by atoms with van der Waals surface area (Å²) in [6, 6.07) is 14.8. The van der Waals surface area contributed by atoms with Gasteiger partial charge in [0.25, 0.3) is 0 Å². The summed E-state index contributed by atoms with van der Waals surface area (Å²) in [6.45, 7) is 12.0. The summed E-state index contributed by atoms with van der Waals surface area (Å²) < 4.78 is 6.13. The van der Waals surface area contributed by atoms with Gasteiger partial charge in [0.1, 0.15) is 6.10 Å². The van der Waals surface area contributed by atoms with E-state index in [1.807, 2.05) is 12.3 Å². The first-order valence-electron chi connectivity index (χ1n) is 10.3. The van der Waals surface area contributed by atoms with Gasteiger partial charge in [-0.25, -0.2) is 0 Å². The predicted octanol–water partition coefficient (Wildman–Crippen LogP) is 4.65. The number of nitrogens with one attached hydrogen (secondary N) is 1. The lowest BCUT2D eigenvalue weighted by Gasteiger charge is -2.33. The molecule has 3 heterocycles. The summed E-state index contributed by atoms with van der Waals surface area (Å²) in [7, 11) is 0. The van der Waals surface area contributed by atoms with Gasteiger partial charge in [-0.3, -0.25) is 15.0 Å². The van der Waals surface area contributed by atoms with Gasteiger partial charge in [-0.1, -0.05) is 51.1 Å². The molecule has 5 heteroatoms. The number of morpholine rings is 1. The Bertz CT molecular complexity index is 959. The first-order valence-corrected chi connectivity index (χ1v) is 10.3. The van der Waals surface area contributed by atoms with Crippen LogP contribution in [0.25, 0.3) is 11.1 Å². The van der Waals surface area contributed by atoms with Gasteiger partial charge in [0.2, 0.25) is 0 Å². The summed E-state index contributed by atoms with van der Waals surface area (Å²) in [6.07, 6.45) is 1.94. The number of nitrogens with zero attached hydrogens (tertiary/aromatic N) is 3. The van der Waals surface area contributed by atoms with E-state index in [-0.39, 0.29) is 11.5 Å².